The van der Waals surface area contributed by atoms with E-state index in [1.54, 1.807) is 6.92 Å². The van der Waals surface area contributed by atoms with Crippen molar-refractivity contribution >= 4 is 35.4 Å². The summed E-state index contributed by atoms with van der Waals surface area (Å²) < 4.78 is 0.466. The molecule has 0 bridgehead atoms. The maximum atomic E-state index is 11.7. The molecule has 3 N–H and O–H groups in total. The maximum Gasteiger partial charge on any atom is 0.309 e. The lowest BCUT2D eigenvalue weighted by atomic mass is 9.71. The van der Waals surface area contributed by atoms with Gasteiger partial charge in [-0.2, -0.15) is 5.10 Å². The summed E-state index contributed by atoms with van der Waals surface area (Å²) in [6, 6.07) is -1.73. The highest BCUT2D eigenvalue weighted by Gasteiger charge is 2.52. The van der Waals surface area contributed by atoms with Gasteiger partial charge in [0.2, 0.25) is 6.04 Å². The molecule has 0 aromatic carbocycles. The van der Waals surface area contributed by atoms with Crippen molar-refractivity contribution in [3.05, 3.63) is 19.1 Å². The molecule has 2 heterocycles. The number of aromatic nitrogens is 2. The molecule has 9 nitrogen and oxygen atoms in total. The molecule has 118 valence electrons. The molecule has 22 heavy (non-hydrogen) atoms. The lowest BCUT2D eigenvalue weighted by molar-refractivity contribution is -0.536. The van der Waals surface area contributed by atoms with Crippen molar-refractivity contribution < 1.29 is 14.5 Å². The van der Waals surface area contributed by atoms with Gasteiger partial charge in [-0.3, -0.25) is 24.8 Å². The number of nitrogens with one attached hydrogen (secondary N) is 3. The number of hydrogen-bond donors (Lipinski definition) is 3. The first-order chi connectivity index (χ1) is 10.4. The Labute approximate surface area is 133 Å². The van der Waals surface area contributed by atoms with Gasteiger partial charge in [-0.1, -0.05) is 18.3 Å². The van der Waals surface area contributed by atoms with Gasteiger partial charge >= 0.3 is 11.8 Å². The lowest BCUT2D eigenvalue weighted by Gasteiger charge is -2.44. The number of amides is 2. The van der Waals surface area contributed by atoms with E-state index in [9.17, 15) is 19.7 Å². The summed E-state index contributed by atoms with van der Waals surface area (Å²) in [6.45, 7) is 1.77. The van der Waals surface area contributed by atoms with E-state index < -0.39 is 29.9 Å². The molecular formula is C11H13N5O4S2. The topological polar surface area (TPSA) is 130 Å². The molecule has 1 saturated heterocycles. The fourth-order valence-electron chi connectivity index (χ4n) is 3.27. The Morgan fingerprint density at radius 1 is 1.36 bits per heavy atom. The SMILES string of the molecule is CC1C(c2n[nH]c(=S)s2)C2NC(=O)C(=O)NC2CC1[N+](=O)[O-]. The third kappa shape index (κ3) is 2.39. The lowest BCUT2D eigenvalue weighted by Crippen LogP contribution is -2.68. The highest BCUT2D eigenvalue weighted by molar-refractivity contribution is 7.73. The number of nitro groups is 1. The average Bonchev–Trinajstić information content (AvgIpc) is 2.86. The van der Waals surface area contributed by atoms with E-state index in [1.165, 1.54) is 11.3 Å². The average molecular weight is 343 g/mol. The second kappa shape index (κ2) is 5.39. The normalized spacial score (nSPS) is 34.5. The standard InChI is InChI=1S/C11H13N5O4S2/c1-3-5(16(19)20)2-4-7(13-9(18)8(17)12-4)6(3)10-14-15-11(21)22-10/h3-7H,2H2,1H3,(H,12,17)(H,13,18)(H,15,21). The van der Waals surface area contributed by atoms with Crippen LogP contribution >= 0.6 is 23.6 Å². The zero-order valence-corrected chi connectivity index (χ0v) is 13.1. The van der Waals surface area contributed by atoms with Crippen molar-refractivity contribution in [1.82, 2.24) is 20.8 Å². The Hall–Kier alpha value is -1.88. The van der Waals surface area contributed by atoms with Crippen molar-refractivity contribution in [1.29, 1.82) is 0 Å². The van der Waals surface area contributed by atoms with Gasteiger partial charge in [0, 0.05) is 23.2 Å². The number of H-pyrrole nitrogens is 1. The van der Waals surface area contributed by atoms with Crippen LogP contribution in [0.25, 0.3) is 0 Å². The number of piperazine rings is 1. The van der Waals surface area contributed by atoms with Crippen LogP contribution in [-0.2, 0) is 9.59 Å². The molecule has 2 fully saturated rings. The van der Waals surface area contributed by atoms with E-state index in [1.807, 2.05) is 0 Å². The molecule has 2 amide bonds. The van der Waals surface area contributed by atoms with E-state index in [0.717, 1.165) is 0 Å². The van der Waals surface area contributed by atoms with Gasteiger partial charge in [-0.15, -0.1) is 0 Å². The molecule has 0 radical (unpaired) electrons. The fourth-order valence-corrected chi connectivity index (χ4v) is 4.44. The second-order valence-corrected chi connectivity index (χ2v) is 7.20. The van der Waals surface area contributed by atoms with Gasteiger partial charge in [0.15, 0.2) is 3.95 Å². The van der Waals surface area contributed by atoms with Gasteiger partial charge in [-0.25, -0.2) is 0 Å². The molecule has 2 aliphatic rings. The minimum Gasteiger partial charge on any atom is -0.343 e. The minimum absolute atomic E-state index is 0.178. The molecule has 11 heteroatoms. The van der Waals surface area contributed by atoms with Crippen molar-refractivity contribution in [3.8, 4) is 0 Å². The molecular weight excluding hydrogens is 330 g/mol. The number of hydrogen-bond acceptors (Lipinski definition) is 7. The van der Waals surface area contributed by atoms with Crippen LogP contribution in [0.15, 0.2) is 0 Å². The quantitative estimate of drug-likeness (QED) is 0.299. The van der Waals surface area contributed by atoms with Crippen molar-refractivity contribution in [2.45, 2.75) is 37.4 Å². The third-order valence-corrected chi connectivity index (χ3v) is 5.51. The van der Waals surface area contributed by atoms with Gasteiger partial charge in [0.05, 0.1) is 12.1 Å². The second-order valence-electron chi connectivity index (χ2n) is 5.50. The van der Waals surface area contributed by atoms with Crippen molar-refractivity contribution in [2.24, 2.45) is 5.92 Å². The van der Waals surface area contributed by atoms with Gasteiger partial charge in [0.1, 0.15) is 5.01 Å². The van der Waals surface area contributed by atoms with Gasteiger partial charge in [-0.05, 0) is 12.2 Å². The first-order valence-corrected chi connectivity index (χ1v) is 7.91. The number of aromatic amines is 1. The van der Waals surface area contributed by atoms with Crippen LogP contribution in [0.1, 0.15) is 24.3 Å². The number of rotatable bonds is 2. The monoisotopic (exact) mass is 343 g/mol. The third-order valence-electron chi connectivity index (χ3n) is 4.32. The molecule has 1 aromatic heterocycles. The van der Waals surface area contributed by atoms with Gasteiger partial charge < -0.3 is 10.6 Å². The van der Waals surface area contributed by atoms with Crippen molar-refractivity contribution in [3.63, 3.8) is 0 Å². The maximum absolute atomic E-state index is 11.7. The van der Waals surface area contributed by atoms with E-state index in [0.29, 0.717) is 8.96 Å². The molecule has 5 atom stereocenters. The van der Waals surface area contributed by atoms with Crippen LogP contribution in [-0.4, -0.2) is 45.1 Å². The van der Waals surface area contributed by atoms with Crippen molar-refractivity contribution in [2.75, 3.05) is 0 Å². The summed E-state index contributed by atoms with van der Waals surface area (Å²) in [6.07, 6.45) is 0.178. The largest absolute Gasteiger partial charge is 0.343 e. The molecule has 3 rings (SSSR count). The molecule has 1 aliphatic carbocycles. The smallest absolute Gasteiger partial charge is 0.309 e. The first kappa shape index (κ1) is 15.0. The summed E-state index contributed by atoms with van der Waals surface area (Å²) >= 11 is 6.25. The van der Waals surface area contributed by atoms with Crippen LogP contribution in [0.2, 0.25) is 0 Å². The zero-order chi connectivity index (χ0) is 16.0. The molecule has 1 saturated carbocycles. The number of carbonyl (C=O) groups excluding carboxylic acids is 2. The summed E-state index contributed by atoms with van der Waals surface area (Å²) in [5, 5.41) is 23.9. The Morgan fingerprint density at radius 2 is 2.05 bits per heavy atom. The Balaban J connectivity index is 2.01. The van der Waals surface area contributed by atoms with Crippen LogP contribution in [0.5, 0.6) is 0 Å². The summed E-state index contributed by atoms with van der Waals surface area (Å²) in [7, 11) is 0. The van der Waals surface area contributed by atoms with Gasteiger partial charge in [0.25, 0.3) is 0 Å². The fraction of sp³-hybridized carbons (Fsp3) is 0.636. The molecule has 1 aromatic rings. The summed E-state index contributed by atoms with van der Waals surface area (Å²) in [5.74, 6) is -2.21. The molecule has 1 aliphatic heterocycles. The van der Waals surface area contributed by atoms with E-state index in [4.69, 9.17) is 12.2 Å². The highest BCUT2D eigenvalue weighted by Crippen LogP contribution is 2.40. The highest BCUT2D eigenvalue weighted by atomic mass is 32.1. The van der Waals surface area contributed by atoms with E-state index in [-0.39, 0.29) is 23.2 Å². The number of fused-ring (bicyclic) bond motifs is 1. The molecule has 5 unspecified atom stereocenters. The summed E-state index contributed by atoms with van der Waals surface area (Å²) in [5.41, 5.74) is 0. The first-order valence-electron chi connectivity index (χ1n) is 6.68. The number of carbonyl (C=O) groups is 2. The van der Waals surface area contributed by atoms with Crippen LogP contribution in [0.3, 0.4) is 0 Å². The predicted octanol–water partition coefficient (Wildman–Crippen LogP) is -0.0474. The Morgan fingerprint density at radius 3 is 2.64 bits per heavy atom. The van der Waals surface area contributed by atoms with E-state index in [2.05, 4.69) is 20.8 Å². The zero-order valence-electron chi connectivity index (χ0n) is 11.4. The van der Waals surface area contributed by atoms with E-state index >= 15 is 0 Å². The summed E-state index contributed by atoms with van der Waals surface area (Å²) in [4.78, 5) is 34.2. The molecule has 0 spiro atoms. The predicted molar refractivity (Wildman–Crippen MR) is 78.5 cm³/mol. The van der Waals surface area contributed by atoms with Crippen LogP contribution < -0.4 is 10.6 Å². The minimum atomic E-state index is -0.820. The Kier molecular flexibility index (Phi) is 3.68. The Bertz CT molecular complexity index is 701. The van der Waals surface area contributed by atoms with Crippen LogP contribution in [0, 0.1) is 20.0 Å². The number of nitrogens with zero attached hydrogens (tertiary/aromatic N) is 2. The van der Waals surface area contributed by atoms with Crippen LogP contribution in [0.4, 0.5) is 0 Å².